The third-order valence-electron chi connectivity index (χ3n) is 2.56. The highest BCUT2D eigenvalue weighted by Gasteiger charge is 2.14. The van der Waals surface area contributed by atoms with Crippen molar-refractivity contribution in [3.63, 3.8) is 0 Å². The molecule has 80 valence electrons. The summed E-state index contributed by atoms with van der Waals surface area (Å²) in [5.41, 5.74) is 9.67. The van der Waals surface area contributed by atoms with Gasteiger partial charge in [0.1, 0.15) is 11.1 Å². The Hall–Kier alpha value is -1.79. The molecule has 2 nitrogen and oxygen atoms in total. The standard InChI is InChI=1S/C13H12N2S/c1-8-3-5-10(6-4-8)12-9(2)16-13(15)11(12)7-14/h3-6H,15H2,1-2H3. The van der Waals surface area contributed by atoms with Gasteiger partial charge >= 0.3 is 0 Å². The molecule has 0 atom stereocenters. The number of nitriles is 1. The third-order valence-corrected chi connectivity index (χ3v) is 3.50. The lowest BCUT2D eigenvalue weighted by Gasteiger charge is -2.02. The van der Waals surface area contributed by atoms with Gasteiger partial charge in [0, 0.05) is 10.4 Å². The third kappa shape index (κ3) is 1.68. The number of anilines is 1. The molecule has 0 radical (unpaired) electrons. The highest BCUT2D eigenvalue weighted by Crippen LogP contribution is 2.37. The minimum Gasteiger partial charge on any atom is -0.389 e. The molecular weight excluding hydrogens is 216 g/mol. The largest absolute Gasteiger partial charge is 0.389 e. The molecule has 0 unspecified atom stereocenters. The van der Waals surface area contributed by atoms with Crippen molar-refractivity contribution in [2.45, 2.75) is 13.8 Å². The van der Waals surface area contributed by atoms with Crippen LogP contribution in [0.3, 0.4) is 0 Å². The maximum atomic E-state index is 9.11. The van der Waals surface area contributed by atoms with Gasteiger partial charge < -0.3 is 5.73 Å². The Kier molecular flexibility index (Phi) is 2.67. The SMILES string of the molecule is Cc1ccc(-c2c(C)sc(N)c2C#N)cc1. The molecule has 1 aromatic carbocycles. The number of rotatable bonds is 1. The second-order valence-corrected chi connectivity index (χ2v) is 5.01. The first-order chi connectivity index (χ1) is 7.63. The van der Waals surface area contributed by atoms with E-state index in [0.29, 0.717) is 10.6 Å². The zero-order chi connectivity index (χ0) is 11.7. The van der Waals surface area contributed by atoms with Crippen LogP contribution >= 0.6 is 11.3 Å². The summed E-state index contributed by atoms with van der Waals surface area (Å²) in [6, 6.07) is 10.3. The fourth-order valence-electron chi connectivity index (χ4n) is 1.75. The quantitative estimate of drug-likeness (QED) is 0.812. The zero-order valence-corrected chi connectivity index (χ0v) is 10.1. The van der Waals surface area contributed by atoms with Crippen molar-refractivity contribution in [3.8, 4) is 17.2 Å². The van der Waals surface area contributed by atoms with Gasteiger partial charge in [0.15, 0.2) is 0 Å². The summed E-state index contributed by atoms with van der Waals surface area (Å²) in [4.78, 5) is 1.10. The van der Waals surface area contributed by atoms with E-state index in [4.69, 9.17) is 11.0 Å². The Balaban J connectivity index is 2.64. The molecule has 0 saturated carbocycles. The molecule has 16 heavy (non-hydrogen) atoms. The van der Waals surface area contributed by atoms with Crippen molar-refractivity contribution in [2.75, 3.05) is 5.73 Å². The molecule has 1 heterocycles. The Labute approximate surface area is 99.0 Å². The van der Waals surface area contributed by atoms with Crippen LogP contribution in [0.5, 0.6) is 0 Å². The number of nitrogens with two attached hydrogens (primary N) is 1. The van der Waals surface area contributed by atoms with Crippen molar-refractivity contribution in [1.29, 1.82) is 5.26 Å². The average Bonchev–Trinajstić information content (AvgIpc) is 2.54. The summed E-state index contributed by atoms with van der Waals surface area (Å²) >= 11 is 1.47. The smallest absolute Gasteiger partial charge is 0.105 e. The van der Waals surface area contributed by atoms with E-state index in [9.17, 15) is 0 Å². The lowest BCUT2D eigenvalue weighted by atomic mass is 10.0. The topological polar surface area (TPSA) is 49.8 Å². The molecule has 0 bridgehead atoms. The summed E-state index contributed by atoms with van der Waals surface area (Å²) in [5.74, 6) is 0. The molecule has 2 rings (SSSR count). The van der Waals surface area contributed by atoms with Crippen LogP contribution in [0.1, 0.15) is 16.0 Å². The first-order valence-electron chi connectivity index (χ1n) is 4.99. The first kappa shape index (κ1) is 10.7. The van der Waals surface area contributed by atoms with Gasteiger partial charge in [-0.2, -0.15) is 5.26 Å². The second-order valence-electron chi connectivity index (χ2n) is 3.75. The van der Waals surface area contributed by atoms with E-state index in [1.54, 1.807) is 0 Å². The van der Waals surface area contributed by atoms with Gasteiger partial charge in [0.2, 0.25) is 0 Å². The summed E-state index contributed by atoms with van der Waals surface area (Å²) in [6.45, 7) is 4.04. The Morgan fingerprint density at radius 1 is 1.19 bits per heavy atom. The van der Waals surface area contributed by atoms with Crippen molar-refractivity contribution in [1.82, 2.24) is 0 Å². The lowest BCUT2D eigenvalue weighted by Crippen LogP contribution is -1.86. The second kappa shape index (κ2) is 3.99. The average molecular weight is 228 g/mol. The Morgan fingerprint density at radius 2 is 1.81 bits per heavy atom. The van der Waals surface area contributed by atoms with Crippen molar-refractivity contribution in [3.05, 3.63) is 40.3 Å². The van der Waals surface area contributed by atoms with Crippen LogP contribution in [0.4, 0.5) is 5.00 Å². The number of hydrogen-bond acceptors (Lipinski definition) is 3. The fraction of sp³-hybridized carbons (Fsp3) is 0.154. The van der Waals surface area contributed by atoms with Crippen molar-refractivity contribution in [2.24, 2.45) is 0 Å². The van der Waals surface area contributed by atoms with Gasteiger partial charge in [-0.05, 0) is 19.4 Å². The van der Waals surface area contributed by atoms with E-state index >= 15 is 0 Å². The number of aryl methyl sites for hydroxylation is 2. The monoisotopic (exact) mass is 228 g/mol. The van der Waals surface area contributed by atoms with Gasteiger partial charge in [-0.1, -0.05) is 29.8 Å². The van der Waals surface area contributed by atoms with Crippen LogP contribution in [0, 0.1) is 25.2 Å². The summed E-state index contributed by atoms with van der Waals surface area (Å²) in [7, 11) is 0. The number of nitrogens with zero attached hydrogens (tertiary/aromatic N) is 1. The predicted octanol–water partition coefficient (Wildman–Crippen LogP) is 3.49. The minimum atomic E-state index is 0.603. The Morgan fingerprint density at radius 3 is 2.38 bits per heavy atom. The van der Waals surface area contributed by atoms with Crippen LogP contribution in [-0.2, 0) is 0 Å². The molecule has 0 amide bonds. The van der Waals surface area contributed by atoms with E-state index in [0.717, 1.165) is 16.0 Å². The van der Waals surface area contributed by atoms with Gasteiger partial charge in [-0.15, -0.1) is 11.3 Å². The van der Waals surface area contributed by atoms with E-state index in [1.165, 1.54) is 16.9 Å². The van der Waals surface area contributed by atoms with Crippen LogP contribution in [0.25, 0.3) is 11.1 Å². The summed E-state index contributed by atoms with van der Waals surface area (Å²) in [5, 5.41) is 9.71. The van der Waals surface area contributed by atoms with Crippen LogP contribution in [0.2, 0.25) is 0 Å². The molecule has 2 aromatic rings. The summed E-state index contributed by atoms with van der Waals surface area (Å²) in [6.07, 6.45) is 0. The zero-order valence-electron chi connectivity index (χ0n) is 9.24. The number of nitrogen functional groups attached to an aromatic ring is 1. The van der Waals surface area contributed by atoms with E-state index in [1.807, 2.05) is 38.1 Å². The number of hydrogen-bond donors (Lipinski definition) is 1. The predicted molar refractivity (Wildman–Crippen MR) is 68.4 cm³/mol. The molecule has 0 aliphatic heterocycles. The lowest BCUT2D eigenvalue weighted by molar-refractivity contribution is 1.45. The highest BCUT2D eigenvalue weighted by atomic mass is 32.1. The van der Waals surface area contributed by atoms with E-state index < -0.39 is 0 Å². The van der Waals surface area contributed by atoms with Crippen molar-refractivity contribution < 1.29 is 0 Å². The van der Waals surface area contributed by atoms with Gasteiger partial charge in [0.05, 0.1) is 5.56 Å². The molecule has 0 saturated heterocycles. The molecule has 0 aliphatic carbocycles. The molecule has 0 fully saturated rings. The molecule has 2 N–H and O–H groups in total. The minimum absolute atomic E-state index is 0.603. The fourth-order valence-corrected chi connectivity index (χ4v) is 2.65. The number of thiophene rings is 1. The molecule has 0 spiro atoms. The summed E-state index contributed by atoms with van der Waals surface area (Å²) < 4.78 is 0. The van der Waals surface area contributed by atoms with Gasteiger partial charge in [-0.3, -0.25) is 0 Å². The van der Waals surface area contributed by atoms with E-state index in [-0.39, 0.29) is 0 Å². The van der Waals surface area contributed by atoms with Crippen LogP contribution in [-0.4, -0.2) is 0 Å². The van der Waals surface area contributed by atoms with Gasteiger partial charge in [-0.25, -0.2) is 0 Å². The van der Waals surface area contributed by atoms with Crippen LogP contribution < -0.4 is 5.73 Å². The first-order valence-corrected chi connectivity index (χ1v) is 5.81. The normalized spacial score (nSPS) is 10.1. The van der Waals surface area contributed by atoms with Gasteiger partial charge in [0.25, 0.3) is 0 Å². The molecule has 3 heteroatoms. The highest BCUT2D eigenvalue weighted by molar-refractivity contribution is 7.16. The molecular formula is C13H12N2S. The molecule has 1 aromatic heterocycles. The Bertz CT molecular complexity index is 559. The van der Waals surface area contributed by atoms with Crippen molar-refractivity contribution >= 4 is 16.3 Å². The van der Waals surface area contributed by atoms with E-state index in [2.05, 4.69) is 6.07 Å². The maximum absolute atomic E-state index is 9.11. The van der Waals surface area contributed by atoms with Crippen LogP contribution in [0.15, 0.2) is 24.3 Å². The number of benzene rings is 1. The molecule has 0 aliphatic rings. The maximum Gasteiger partial charge on any atom is 0.105 e.